The Hall–Kier alpha value is -1.53. The zero-order valence-electron chi connectivity index (χ0n) is 16.1. The van der Waals surface area contributed by atoms with Crippen LogP contribution >= 0.6 is 0 Å². The Morgan fingerprint density at radius 3 is 2.08 bits per heavy atom. The molecular weight excluding hydrogens is 312 g/mol. The zero-order chi connectivity index (χ0) is 18.2. The van der Waals surface area contributed by atoms with Gasteiger partial charge in [-0.3, -0.25) is 4.79 Å². The van der Waals surface area contributed by atoms with Crippen molar-refractivity contribution in [3.8, 4) is 11.5 Å². The molecule has 0 saturated carbocycles. The number of carbonyl (C=O) groups excluding carboxylic acids is 1. The highest BCUT2D eigenvalue weighted by Gasteiger charge is 2.27. The molecule has 0 bridgehead atoms. The molecule has 3 heteroatoms. The summed E-state index contributed by atoms with van der Waals surface area (Å²) in [4.78, 5) is 12.6. The number of carbonyl (C=O) groups is 1. The van der Waals surface area contributed by atoms with Gasteiger partial charge in [0.1, 0.15) is 19.6 Å². The van der Waals surface area contributed by atoms with E-state index >= 15 is 0 Å². The van der Waals surface area contributed by atoms with Gasteiger partial charge in [-0.2, -0.15) is 0 Å². The molecule has 2 nitrogen and oxygen atoms in total. The van der Waals surface area contributed by atoms with E-state index in [4.69, 9.17) is 4.74 Å². The van der Waals surface area contributed by atoms with Crippen LogP contribution in [0.2, 0.25) is 18.1 Å². The van der Waals surface area contributed by atoms with Gasteiger partial charge in [-0.15, -0.1) is 5.54 Å². The van der Waals surface area contributed by atoms with Gasteiger partial charge in [0, 0.05) is 0 Å². The van der Waals surface area contributed by atoms with E-state index in [0.717, 1.165) is 23.7 Å². The number of ether oxygens (including phenoxy) is 1. The lowest BCUT2D eigenvalue weighted by Crippen LogP contribution is -2.32. The number of rotatable bonds is 6. The van der Waals surface area contributed by atoms with Crippen molar-refractivity contribution in [2.24, 2.45) is 5.92 Å². The molecule has 0 aliphatic carbocycles. The van der Waals surface area contributed by atoms with Crippen LogP contribution < -0.4 is 0 Å². The summed E-state index contributed by atoms with van der Waals surface area (Å²) in [5, 5.41) is 0. The molecule has 0 N–H and O–H groups in total. The van der Waals surface area contributed by atoms with Crippen molar-refractivity contribution in [3.05, 3.63) is 35.9 Å². The third-order valence-electron chi connectivity index (χ3n) is 4.52. The first-order chi connectivity index (χ1) is 11.2. The summed E-state index contributed by atoms with van der Waals surface area (Å²) >= 11 is 0. The second-order valence-corrected chi connectivity index (χ2v) is 12.3. The molecule has 24 heavy (non-hydrogen) atoms. The lowest BCUT2D eigenvalue weighted by atomic mass is 10.00. The van der Waals surface area contributed by atoms with Gasteiger partial charge in [-0.25, -0.2) is 0 Å². The molecule has 1 rings (SSSR count). The van der Waals surface area contributed by atoms with Gasteiger partial charge in [-0.1, -0.05) is 57.0 Å². The van der Waals surface area contributed by atoms with Crippen LogP contribution in [0.3, 0.4) is 0 Å². The van der Waals surface area contributed by atoms with Gasteiger partial charge >= 0.3 is 5.97 Å². The van der Waals surface area contributed by atoms with E-state index in [-0.39, 0.29) is 11.9 Å². The first-order valence-corrected chi connectivity index (χ1v) is 11.7. The molecule has 0 heterocycles. The minimum atomic E-state index is -1.57. The van der Waals surface area contributed by atoms with E-state index in [9.17, 15) is 4.79 Å². The molecular formula is C21H32O2Si. The summed E-state index contributed by atoms with van der Waals surface area (Å²) in [7, 11) is -1.57. The Morgan fingerprint density at radius 2 is 1.62 bits per heavy atom. The fraction of sp³-hybridized carbons (Fsp3) is 0.571. The number of hydrogen-bond donors (Lipinski definition) is 0. The highest BCUT2D eigenvalue weighted by atomic mass is 28.3. The minimum Gasteiger partial charge on any atom is -0.459 e. The van der Waals surface area contributed by atoms with Gasteiger partial charge in [-0.05, 0) is 50.9 Å². The predicted molar refractivity (Wildman–Crippen MR) is 104 cm³/mol. The van der Waals surface area contributed by atoms with Crippen molar-refractivity contribution in [3.63, 3.8) is 0 Å². The highest BCUT2D eigenvalue weighted by molar-refractivity contribution is 6.87. The summed E-state index contributed by atoms with van der Waals surface area (Å²) in [5.74, 6) is 2.73. The van der Waals surface area contributed by atoms with Crippen LogP contribution in [0, 0.1) is 17.4 Å². The summed E-state index contributed by atoms with van der Waals surface area (Å²) in [6.45, 7) is 12.4. The van der Waals surface area contributed by atoms with Crippen molar-refractivity contribution < 1.29 is 9.53 Å². The molecule has 0 radical (unpaired) electrons. The van der Waals surface area contributed by atoms with Gasteiger partial charge in [0.05, 0.1) is 0 Å². The quantitative estimate of drug-likeness (QED) is 0.401. The Bertz CT molecular complexity index is 563. The first kappa shape index (κ1) is 20.5. The molecule has 1 aromatic carbocycles. The van der Waals surface area contributed by atoms with Crippen LogP contribution in [0.1, 0.15) is 47.1 Å². The summed E-state index contributed by atoms with van der Waals surface area (Å²) in [5.41, 5.74) is 4.20. The zero-order valence-corrected chi connectivity index (χ0v) is 17.1. The highest BCUT2D eigenvalue weighted by Crippen LogP contribution is 2.20. The molecule has 0 fully saturated rings. The van der Waals surface area contributed by atoms with E-state index in [1.807, 2.05) is 51.1 Å². The van der Waals surface area contributed by atoms with Crippen molar-refractivity contribution in [2.45, 2.75) is 71.7 Å². The predicted octanol–water partition coefficient (Wildman–Crippen LogP) is 5.24. The van der Waals surface area contributed by atoms with Crippen molar-refractivity contribution in [2.75, 3.05) is 0 Å². The van der Waals surface area contributed by atoms with E-state index < -0.39 is 13.7 Å². The molecule has 0 aliphatic heterocycles. The average molecular weight is 345 g/mol. The van der Waals surface area contributed by atoms with Crippen molar-refractivity contribution in [1.29, 1.82) is 0 Å². The lowest BCUT2D eigenvalue weighted by Gasteiger charge is -2.23. The molecule has 1 unspecified atom stereocenters. The smallest absolute Gasteiger partial charge is 0.321 e. The number of benzene rings is 1. The second-order valence-electron chi connectivity index (χ2n) is 7.39. The Kier molecular flexibility index (Phi) is 7.76. The third-order valence-corrected chi connectivity index (χ3v) is 9.25. The molecule has 1 aromatic rings. The Morgan fingerprint density at radius 1 is 1.08 bits per heavy atom. The van der Waals surface area contributed by atoms with Crippen LogP contribution in [0.4, 0.5) is 0 Å². The minimum absolute atomic E-state index is 0.204. The maximum absolute atomic E-state index is 12.6. The maximum atomic E-state index is 12.6. The fourth-order valence-corrected chi connectivity index (χ4v) is 5.18. The van der Waals surface area contributed by atoms with E-state index in [2.05, 4.69) is 32.2 Å². The Balaban J connectivity index is 3.07. The third kappa shape index (κ3) is 6.53. The van der Waals surface area contributed by atoms with Crippen LogP contribution in [-0.2, 0) is 16.0 Å². The first-order valence-electron chi connectivity index (χ1n) is 9.04. The van der Waals surface area contributed by atoms with Gasteiger partial charge in [0.15, 0.2) is 0 Å². The monoisotopic (exact) mass is 344 g/mol. The van der Waals surface area contributed by atoms with Crippen molar-refractivity contribution >= 4 is 14.0 Å². The molecule has 132 valence electrons. The average Bonchev–Trinajstić information content (AvgIpc) is 2.54. The maximum Gasteiger partial charge on any atom is 0.321 e. The topological polar surface area (TPSA) is 26.3 Å². The van der Waals surface area contributed by atoms with Crippen LogP contribution in [0.15, 0.2) is 30.3 Å². The standard InChI is InChI=1S/C21H32O2Si/c1-7-24(8-2,9-3)16-15-19(20(22)23-21(4,5)6)17-18-13-11-10-12-14-18/h10-14,19H,7-9,17H2,1-6H3. The molecule has 1 atom stereocenters. The second kappa shape index (κ2) is 9.08. The van der Waals surface area contributed by atoms with Crippen LogP contribution in [-0.4, -0.2) is 19.6 Å². The Labute approximate surface area is 149 Å². The largest absolute Gasteiger partial charge is 0.459 e. The SMILES string of the molecule is CC[Si](C#CC(Cc1ccccc1)C(=O)OC(C)(C)C)(CC)CC. The van der Waals surface area contributed by atoms with E-state index in [0.29, 0.717) is 6.42 Å². The summed E-state index contributed by atoms with van der Waals surface area (Å²) in [6.07, 6.45) is 0.615. The van der Waals surface area contributed by atoms with E-state index in [1.165, 1.54) is 0 Å². The van der Waals surface area contributed by atoms with Gasteiger partial charge < -0.3 is 4.74 Å². The molecule has 0 aromatic heterocycles. The molecule has 0 spiro atoms. The van der Waals surface area contributed by atoms with Gasteiger partial charge in [0.2, 0.25) is 0 Å². The fourth-order valence-electron chi connectivity index (χ4n) is 2.67. The van der Waals surface area contributed by atoms with Gasteiger partial charge in [0.25, 0.3) is 0 Å². The molecule has 0 amide bonds. The van der Waals surface area contributed by atoms with Crippen LogP contribution in [0.25, 0.3) is 0 Å². The van der Waals surface area contributed by atoms with Crippen molar-refractivity contribution in [1.82, 2.24) is 0 Å². The van der Waals surface area contributed by atoms with E-state index in [1.54, 1.807) is 0 Å². The number of hydrogen-bond acceptors (Lipinski definition) is 2. The normalized spacial score (nSPS) is 12.9. The summed E-state index contributed by atoms with van der Waals surface area (Å²) in [6, 6.07) is 13.5. The molecule has 0 aliphatic rings. The summed E-state index contributed by atoms with van der Waals surface area (Å²) < 4.78 is 5.61. The number of esters is 1. The van der Waals surface area contributed by atoms with Crippen LogP contribution in [0.5, 0.6) is 0 Å². The molecule has 0 saturated heterocycles. The lowest BCUT2D eigenvalue weighted by molar-refractivity contribution is -0.157.